The van der Waals surface area contributed by atoms with Gasteiger partial charge >= 0.3 is 0 Å². The highest BCUT2D eigenvalue weighted by Crippen LogP contribution is 2.34. The second kappa shape index (κ2) is 7.79. The number of primary sulfonamides is 1. The van der Waals surface area contributed by atoms with Crippen molar-refractivity contribution in [1.82, 2.24) is 4.72 Å². The van der Waals surface area contributed by atoms with Gasteiger partial charge in [0.25, 0.3) is 15.9 Å². The molecule has 0 unspecified atom stereocenters. The number of fused-ring (bicyclic) bond motifs is 1. The van der Waals surface area contributed by atoms with E-state index < -0.39 is 35.7 Å². The molecule has 1 aromatic heterocycles. The number of furan rings is 1. The number of phenols is 1. The summed E-state index contributed by atoms with van der Waals surface area (Å²) < 4.78 is 56.1. The first-order chi connectivity index (χ1) is 15.1. The Morgan fingerprint density at radius 1 is 0.875 bits per heavy atom. The summed E-state index contributed by atoms with van der Waals surface area (Å²) in [5.41, 5.74) is 0.752. The van der Waals surface area contributed by atoms with Crippen LogP contribution in [0.2, 0.25) is 0 Å². The molecule has 0 radical (unpaired) electrons. The molecule has 0 atom stereocenters. The fourth-order valence-electron chi connectivity index (χ4n) is 3.14. The van der Waals surface area contributed by atoms with Gasteiger partial charge in [-0.25, -0.2) is 26.7 Å². The minimum Gasteiger partial charge on any atom is -0.507 e. The van der Waals surface area contributed by atoms with Crippen molar-refractivity contribution in [3.05, 3.63) is 78.4 Å². The van der Waals surface area contributed by atoms with Crippen molar-refractivity contribution < 1.29 is 31.2 Å². The van der Waals surface area contributed by atoms with Gasteiger partial charge in [-0.1, -0.05) is 30.3 Å². The van der Waals surface area contributed by atoms with Gasteiger partial charge in [-0.05, 0) is 42.5 Å². The van der Waals surface area contributed by atoms with Crippen molar-refractivity contribution in [3.8, 4) is 17.1 Å². The van der Waals surface area contributed by atoms with E-state index in [2.05, 4.69) is 0 Å². The van der Waals surface area contributed by atoms with Crippen molar-refractivity contribution in [3.63, 3.8) is 0 Å². The molecule has 0 fully saturated rings. The van der Waals surface area contributed by atoms with Crippen LogP contribution in [0.25, 0.3) is 22.3 Å². The Morgan fingerprint density at radius 2 is 1.53 bits per heavy atom. The lowest BCUT2D eigenvalue weighted by molar-refractivity contribution is 0.0981. The number of para-hydroxylation sites is 1. The lowest BCUT2D eigenvalue weighted by atomic mass is 10.1. The van der Waals surface area contributed by atoms with Crippen LogP contribution in [0.4, 0.5) is 0 Å². The highest BCUT2D eigenvalue weighted by Gasteiger charge is 2.26. The zero-order valence-corrected chi connectivity index (χ0v) is 17.9. The van der Waals surface area contributed by atoms with Crippen LogP contribution in [0, 0.1) is 0 Å². The lowest BCUT2D eigenvalue weighted by Gasteiger charge is -2.11. The quantitative estimate of drug-likeness (QED) is 0.403. The standard InChI is InChI=1S/C21H16N2O7S2/c22-31(26,27)19-7-3-4-8-20(19)32(28,29)23-21(25)14-9-10-15(16(24)11-14)18-12-13-5-1-2-6-17(13)30-18/h1-12,24H,(H,23,25)(H2,22,26,27). The Morgan fingerprint density at radius 3 is 2.19 bits per heavy atom. The zero-order chi connectivity index (χ0) is 23.1. The molecule has 9 nitrogen and oxygen atoms in total. The smallest absolute Gasteiger partial charge is 0.265 e. The van der Waals surface area contributed by atoms with Gasteiger partial charge in [-0.15, -0.1) is 0 Å². The first-order valence-electron chi connectivity index (χ1n) is 9.07. The molecular weight excluding hydrogens is 456 g/mol. The number of hydrogen-bond donors (Lipinski definition) is 3. The number of hydrogen-bond acceptors (Lipinski definition) is 7. The van der Waals surface area contributed by atoms with Crippen LogP contribution < -0.4 is 9.86 Å². The molecule has 164 valence electrons. The van der Waals surface area contributed by atoms with Crippen molar-refractivity contribution in [2.75, 3.05) is 0 Å². The Bertz CT molecular complexity index is 1540. The van der Waals surface area contributed by atoms with Crippen LogP contribution in [-0.2, 0) is 20.0 Å². The second-order valence-electron chi connectivity index (χ2n) is 6.81. The number of nitrogens with two attached hydrogens (primary N) is 1. The molecule has 4 aromatic rings. The van der Waals surface area contributed by atoms with Crippen LogP contribution in [-0.4, -0.2) is 27.8 Å². The van der Waals surface area contributed by atoms with Gasteiger partial charge in [0.15, 0.2) is 0 Å². The molecule has 0 spiro atoms. The van der Waals surface area contributed by atoms with E-state index in [9.17, 15) is 26.7 Å². The molecule has 0 saturated heterocycles. The molecule has 3 aromatic carbocycles. The lowest BCUT2D eigenvalue weighted by Crippen LogP contribution is -2.32. The van der Waals surface area contributed by atoms with Gasteiger partial charge in [0.2, 0.25) is 10.0 Å². The third-order valence-corrected chi connectivity index (χ3v) is 7.11. The third kappa shape index (κ3) is 4.08. The maximum Gasteiger partial charge on any atom is 0.265 e. The van der Waals surface area contributed by atoms with Crippen LogP contribution in [0.5, 0.6) is 5.75 Å². The van der Waals surface area contributed by atoms with E-state index in [1.807, 2.05) is 12.1 Å². The van der Waals surface area contributed by atoms with E-state index in [4.69, 9.17) is 9.56 Å². The third-order valence-electron chi connectivity index (χ3n) is 4.62. The van der Waals surface area contributed by atoms with E-state index in [0.717, 1.165) is 23.6 Å². The number of phenolic OH excluding ortho intramolecular Hbond substituents is 1. The normalized spacial score (nSPS) is 12.0. The van der Waals surface area contributed by atoms with Gasteiger partial charge in [0.05, 0.1) is 5.56 Å². The topological polar surface area (TPSA) is 157 Å². The Kier molecular flexibility index (Phi) is 5.25. The second-order valence-corrected chi connectivity index (χ2v) is 9.99. The highest BCUT2D eigenvalue weighted by atomic mass is 32.2. The molecule has 0 bridgehead atoms. The Labute approximate surface area is 183 Å². The number of carbonyl (C=O) groups excluding carboxylic acids is 1. The first-order valence-corrected chi connectivity index (χ1v) is 12.1. The Hall–Kier alpha value is -3.67. The zero-order valence-electron chi connectivity index (χ0n) is 16.2. The largest absolute Gasteiger partial charge is 0.507 e. The summed E-state index contributed by atoms with van der Waals surface area (Å²) in [6, 6.07) is 17.4. The number of nitrogens with one attached hydrogen (secondary N) is 1. The number of benzene rings is 3. The predicted octanol–water partition coefficient (Wildman–Crippen LogP) is 2.57. The van der Waals surface area contributed by atoms with Crippen LogP contribution in [0.15, 0.2) is 87.0 Å². The van der Waals surface area contributed by atoms with E-state index in [1.54, 1.807) is 22.9 Å². The maximum atomic E-state index is 12.6. The average Bonchev–Trinajstić information content (AvgIpc) is 3.16. The van der Waals surface area contributed by atoms with Crippen molar-refractivity contribution in [2.24, 2.45) is 5.14 Å². The van der Waals surface area contributed by atoms with Gasteiger partial charge in [-0.3, -0.25) is 4.79 Å². The molecule has 4 N–H and O–H groups in total. The Balaban J connectivity index is 1.64. The minimum atomic E-state index is -4.57. The highest BCUT2D eigenvalue weighted by molar-refractivity contribution is 7.92. The van der Waals surface area contributed by atoms with Gasteiger partial charge in [-0.2, -0.15) is 0 Å². The van der Waals surface area contributed by atoms with E-state index in [-0.39, 0.29) is 11.3 Å². The van der Waals surface area contributed by atoms with Crippen LogP contribution in [0.1, 0.15) is 10.4 Å². The molecule has 0 saturated carbocycles. The molecule has 0 aliphatic carbocycles. The van der Waals surface area contributed by atoms with Crippen LogP contribution >= 0.6 is 0 Å². The molecule has 0 aliphatic heterocycles. The molecule has 1 heterocycles. The summed E-state index contributed by atoms with van der Waals surface area (Å²) in [7, 11) is -8.92. The summed E-state index contributed by atoms with van der Waals surface area (Å²) in [6.45, 7) is 0. The van der Waals surface area contributed by atoms with Gasteiger partial charge < -0.3 is 9.52 Å². The summed E-state index contributed by atoms with van der Waals surface area (Å²) in [6.07, 6.45) is 0. The van der Waals surface area contributed by atoms with E-state index >= 15 is 0 Å². The van der Waals surface area contributed by atoms with Gasteiger partial charge in [0.1, 0.15) is 26.9 Å². The number of carbonyl (C=O) groups is 1. The van der Waals surface area contributed by atoms with E-state index in [1.165, 1.54) is 24.3 Å². The van der Waals surface area contributed by atoms with Crippen LogP contribution in [0.3, 0.4) is 0 Å². The van der Waals surface area contributed by atoms with Crippen molar-refractivity contribution in [2.45, 2.75) is 9.79 Å². The summed E-state index contributed by atoms with van der Waals surface area (Å²) in [5.74, 6) is -1.01. The predicted molar refractivity (Wildman–Crippen MR) is 116 cm³/mol. The molecule has 0 aliphatic rings. The minimum absolute atomic E-state index is 0.168. The number of rotatable bonds is 5. The number of sulfonamides is 2. The molecular formula is C21H16N2O7S2. The van der Waals surface area contributed by atoms with Crippen molar-refractivity contribution >= 4 is 36.9 Å². The molecule has 1 amide bonds. The maximum absolute atomic E-state index is 12.6. The number of aromatic hydroxyl groups is 1. The fraction of sp³-hybridized carbons (Fsp3) is 0. The molecule has 32 heavy (non-hydrogen) atoms. The summed E-state index contributed by atoms with van der Waals surface area (Å²) in [5, 5.41) is 16.3. The molecule has 4 rings (SSSR count). The monoisotopic (exact) mass is 472 g/mol. The fourth-order valence-corrected chi connectivity index (χ4v) is 5.50. The number of amides is 1. The SMILES string of the molecule is NS(=O)(=O)c1ccccc1S(=O)(=O)NC(=O)c1ccc(-c2cc3ccccc3o2)c(O)c1. The average molecular weight is 473 g/mol. The van der Waals surface area contributed by atoms with Gasteiger partial charge in [0, 0.05) is 10.9 Å². The first kappa shape index (κ1) is 21.6. The summed E-state index contributed by atoms with van der Waals surface area (Å²) in [4.78, 5) is 11.2. The summed E-state index contributed by atoms with van der Waals surface area (Å²) >= 11 is 0. The van der Waals surface area contributed by atoms with E-state index in [0.29, 0.717) is 16.9 Å². The van der Waals surface area contributed by atoms with Crippen molar-refractivity contribution in [1.29, 1.82) is 0 Å². The molecule has 11 heteroatoms.